The van der Waals surface area contributed by atoms with Crippen molar-refractivity contribution in [1.29, 1.82) is 0 Å². The second-order valence-electron chi connectivity index (χ2n) is 7.98. The smallest absolute Gasteiger partial charge is 0.142 e. The van der Waals surface area contributed by atoms with Crippen LogP contribution in [0, 0.1) is 5.82 Å². The Kier molecular flexibility index (Phi) is 6.16. The number of nitrogens with zero attached hydrogens (tertiary/aromatic N) is 2. The molecule has 156 valence electrons. The summed E-state index contributed by atoms with van der Waals surface area (Å²) in [5, 5.41) is 0. The molecule has 0 aliphatic carbocycles. The van der Waals surface area contributed by atoms with E-state index < -0.39 is 0 Å². The van der Waals surface area contributed by atoms with Gasteiger partial charge in [0.1, 0.15) is 23.9 Å². The maximum absolute atomic E-state index is 13.0. The first-order valence-corrected chi connectivity index (χ1v) is 10.4. The summed E-state index contributed by atoms with van der Waals surface area (Å²) in [6.07, 6.45) is 3.40. The van der Waals surface area contributed by atoms with E-state index in [4.69, 9.17) is 9.47 Å². The highest BCUT2D eigenvalue weighted by Crippen LogP contribution is 2.50. The minimum Gasteiger partial charge on any atom is -0.494 e. The van der Waals surface area contributed by atoms with Crippen LogP contribution in [0.25, 0.3) is 0 Å². The van der Waals surface area contributed by atoms with Gasteiger partial charge in [-0.3, -0.25) is 0 Å². The summed E-state index contributed by atoms with van der Waals surface area (Å²) in [7, 11) is 0. The largest absolute Gasteiger partial charge is 0.494 e. The van der Waals surface area contributed by atoms with Crippen molar-refractivity contribution in [2.45, 2.75) is 31.2 Å². The standard InChI is InChI=1S/C23H27FN2O2.ClH/c24-17-5-7-18(8-6-17)27-15-2-11-25-12-9-19-20-3-1-4-22-23(20)26(14-16-28-22)21(19)10-13-25;/h1,3-8,19,21H,2,9-16H2;1H. The molecule has 1 fully saturated rings. The van der Waals surface area contributed by atoms with Gasteiger partial charge in [-0.05, 0) is 61.7 Å². The molecule has 3 heterocycles. The molecule has 0 spiro atoms. The Morgan fingerprint density at radius 2 is 1.86 bits per heavy atom. The monoisotopic (exact) mass is 418 g/mol. The van der Waals surface area contributed by atoms with Crippen molar-refractivity contribution in [3.05, 3.63) is 53.8 Å². The number of anilines is 1. The molecule has 4 nitrogen and oxygen atoms in total. The van der Waals surface area contributed by atoms with Crippen molar-refractivity contribution in [2.75, 3.05) is 44.3 Å². The molecule has 2 unspecified atom stereocenters. The maximum Gasteiger partial charge on any atom is 0.142 e. The summed E-state index contributed by atoms with van der Waals surface area (Å²) in [5.74, 6) is 2.21. The highest BCUT2D eigenvalue weighted by atomic mass is 35.5. The molecular formula is C23H28ClFN2O2. The van der Waals surface area contributed by atoms with E-state index in [9.17, 15) is 4.39 Å². The Balaban J connectivity index is 0.00000205. The number of halogens is 2. The summed E-state index contributed by atoms with van der Waals surface area (Å²) in [4.78, 5) is 5.19. The van der Waals surface area contributed by atoms with Gasteiger partial charge < -0.3 is 19.3 Å². The average molecular weight is 419 g/mol. The number of benzene rings is 2. The molecule has 0 radical (unpaired) electrons. The molecule has 0 bridgehead atoms. The molecule has 1 saturated heterocycles. The zero-order valence-corrected chi connectivity index (χ0v) is 17.4. The minimum atomic E-state index is -0.226. The second kappa shape index (κ2) is 8.80. The molecule has 2 aromatic rings. The van der Waals surface area contributed by atoms with Crippen LogP contribution in [-0.2, 0) is 0 Å². The van der Waals surface area contributed by atoms with Crippen LogP contribution in [-0.4, -0.2) is 50.3 Å². The van der Waals surface area contributed by atoms with Gasteiger partial charge in [-0.15, -0.1) is 12.4 Å². The van der Waals surface area contributed by atoms with Gasteiger partial charge >= 0.3 is 0 Å². The van der Waals surface area contributed by atoms with Crippen molar-refractivity contribution >= 4 is 18.1 Å². The highest BCUT2D eigenvalue weighted by Gasteiger charge is 2.42. The highest BCUT2D eigenvalue weighted by molar-refractivity contribution is 5.85. The number of ether oxygens (including phenoxy) is 2. The van der Waals surface area contributed by atoms with Gasteiger partial charge in [0.15, 0.2) is 0 Å². The van der Waals surface area contributed by atoms with Crippen molar-refractivity contribution in [3.63, 3.8) is 0 Å². The molecule has 0 N–H and O–H groups in total. The van der Waals surface area contributed by atoms with Gasteiger partial charge in [0, 0.05) is 25.0 Å². The fourth-order valence-electron chi connectivity index (χ4n) is 5.07. The Hall–Kier alpha value is -1.98. The predicted molar refractivity (Wildman–Crippen MR) is 115 cm³/mol. The number of rotatable bonds is 5. The van der Waals surface area contributed by atoms with Crippen LogP contribution < -0.4 is 14.4 Å². The average Bonchev–Trinajstić information content (AvgIpc) is 2.88. The number of likely N-dealkylation sites (tertiary alicyclic amines) is 1. The third kappa shape index (κ3) is 4.03. The summed E-state index contributed by atoms with van der Waals surface area (Å²) in [5.41, 5.74) is 2.86. The molecule has 0 aromatic heterocycles. The quantitative estimate of drug-likeness (QED) is 0.668. The third-order valence-corrected chi connectivity index (χ3v) is 6.37. The van der Waals surface area contributed by atoms with Crippen molar-refractivity contribution in [3.8, 4) is 11.5 Å². The fourth-order valence-corrected chi connectivity index (χ4v) is 5.07. The summed E-state index contributed by atoms with van der Waals surface area (Å²) >= 11 is 0. The van der Waals surface area contributed by atoms with E-state index in [0.717, 1.165) is 50.7 Å². The zero-order valence-electron chi connectivity index (χ0n) is 16.6. The van der Waals surface area contributed by atoms with E-state index in [0.29, 0.717) is 18.6 Å². The Bertz CT molecular complexity index is 832. The van der Waals surface area contributed by atoms with Crippen LogP contribution in [0.4, 0.5) is 10.1 Å². The molecule has 0 amide bonds. The molecule has 3 aliphatic rings. The van der Waals surface area contributed by atoms with Gasteiger partial charge in [0.25, 0.3) is 0 Å². The van der Waals surface area contributed by atoms with E-state index in [-0.39, 0.29) is 18.2 Å². The summed E-state index contributed by atoms with van der Waals surface area (Å²) < 4.78 is 24.6. The Morgan fingerprint density at radius 3 is 2.72 bits per heavy atom. The first-order chi connectivity index (χ1) is 13.8. The van der Waals surface area contributed by atoms with Crippen LogP contribution in [0.5, 0.6) is 11.5 Å². The van der Waals surface area contributed by atoms with Gasteiger partial charge in [0.2, 0.25) is 0 Å². The summed E-state index contributed by atoms with van der Waals surface area (Å²) in [6.45, 7) is 5.80. The lowest BCUT2D eigenvalue weighted by Crippen LogP contribution is -2.40. The first-order valence-electron chi connectivity index (χ1n) is 10.4. The minimum absolute atomic E-state index is 0. The van der Waals surface area contributed by atoms with Crippen LogP contribution >= 0.6 is 12.4 Å². The van der Waals surface area contributed by atoms with E-state index in [1.54, 1.807) is 12.1 Å². The topological polar surface area (TPSA) is 24.9 Å². The predicted octanol–water partition coefficient (Wildman–Crippen LogP) is 4.48. The first kappa shape index (κ1) is 20.3. The molecule has 2 aromatic carbocycles. The van der Waals surface area contributed by atoms with Gasteiger partial charge in [-0.25, -0.2) is 4.39 Å². The molecule has 3 aliphatic heterocycles. The lowest BCUT2D eigenvalue weighted by molar-refractivity contribution is 0.238. The molecule has 5 rings (SSSR count). The third-order valence-electron chi connectivity index (χ3n) is 6.37. The zero-order chi connectivity index (χ0) is 18.9. The molecule has 6 heteroatoms. The van der Waals surface area contributed by atoms with Gasteiger partial charge in [-0.1, -0.05) is 12.1 Å². The number of para-hydroxylation sites is 1. The second-order valence-corrected chi connectivity index (χ2v) is 7.98. The van der Waals surface area contributed by atoms with Crippen LogP contribution in [0.15, 0.2) is 42.5 Å². The van der Waals surface area contributed by atoms with E-state index in [2.05, 4.69) is 28.0 Å². The Labute approximate surface area is 178 Å². The van der Waals surface area contributed by atoms with Crippen molar-refractivity contribution in [1.82, 2.24) is 4.90 Å². The Morgan fingerprint density at radius 1 is 1.03 bits per heavy atom. The van der Waals surface area contributed by atoms with E-state index in [1.165, 1.54) is 36.2 Å². The van der Waals surface area contributed by atoms with E-state index in [1.807, 2.05) is 0 Å². The molecule has 0 saturated carbocycles. The van der Waals surface area contributed by atoms with Crippen LogP contribution in [0.3, 0.4) is 0 Å². The number of hydrogen-bond donors (Lipinski definition) is 0. The molecular weight excluding hydrogens is 391 g/mol. The number of hydrogen-bond acceptors (Lipinski definition) is 4. The number of fused-ring (bicyclic) bond motifs is 3. The molecule has 29 heavy (non-hydrogen) atoms. The lowest BCUT2D eigenvalue weighted by atomic mass is 9.91. The van der Waals surface area contributed by atoms with Crippen molar-refractivity contribution < 1.29 is 13.9 Å². The SMILES string of the molecule is Cl.Fc1ccc(OCCCN2CCC3c4cccc5c4N(CCO5)C3CC2)cc1. The molecule has 2 atom stereocenters. The van der Waals surface area contributed by atoms with Gasteiger partial charge in [-0.2, -0.15) is 0 Å². The lowest BCUT2D eigenvalue weighted by Gasteiger charge is -2.33. The van der Waals surface area contributed by atoms with Crippen molar-refractivity contribution in [2.24, 2.45) is 0 Å². The fraction of sp³-hybridized carbons (Fsp3) is 0.478. The van der Waals surface area contributed by atoms with Crippen LogP contribution in [0.1, 0.15) is 30.7 Å². The van der Waals surface area contributed by atoms with E-state index >= 15 is 0 Å². The normalized spacial score (nSPS) is 22.7. The van der Waals surface area contributed by atoms with Crippen LogP contribution in [0.2, 0.25) is 0 Å². The maximum atomic E-state index is 13.0. The summed E-state index contributed by atoms with van der Waals surface area (Å²) in [6, 6.07) is 13.4. The van der Waals surface area contributed by atoms with Gasteiger partial charge in [0.05, 0.1) is 18.8 Å².